The zero-order valence-corrected chi connectivity index (χ0v) is 16.6. The van der Waals surface area contributed by atoms with Crippen LogP contribution in [-0.4, -0.2) is 19.3 Å². The smallest absolute Gasteiger partial charge is 0.167 e. The number of nitrogens with one attached hydrogen (secondary N) is 1. The second-order valence-electron chi connectivity index (χ2n) is 8.16. The van der Waals surface area contributed by atoms with Gasteiger partial charge in [-0.3, -0.25) is 4.98 Å². The van der Waals surface area contributed by atoms with Gasteiger partial charge in [0, 0.05) is 11.8 Å². The van der Waals surface area contributed by atoms with E-state index in [0.717, 1.165) is 29.1 Å². The van der Waals surface area contributed by atoms with E-state index in [1.165, 1.54) is 10.8 Å². The fourth-order valence-corrected chi connectivity index (χ4v) is 4.92. The molecule has 0 spiro atoms. The van der Waals surface area contributed by atoms with Crippen LogP contribution in [0.15, 0.2) is 30.5 Å². The van der Waals surface area contributed by atoms with Crippen molar-refractivity contribution in [3.8, 4) is 17.0 Å². The van der Waals surface area contributed by atoms with Crippen LogP contribution in [-0.2, 0) is 6.42 Å². The largest absolute Gasteiger partial charge is 0.468 e. The Morgan fingerprint density at radius 1 is 1.25 bits per heavy atom. The summed E-state index contributed by atoms with van der Waals surface area (Å²) in [6.45, 7) is 13.8. The molecule has 1 aromatic carbocycles. The van der Waals surface area contributed by atoms with E-state index in [4.69, 9.17) is 9.72 Å². The maximum absolute atomic E-state index is 5.97. The number of aromatic nitrogens is 1. The Bertz CT molecular complexity index is 750. The lowest BCUT2D eigenvalue weighted by Crippen LogP contribution is -2.40. The number of anilines is 1. The normalized spacial score (nSPS) is 16.7. The molecule has 0 radical (unpaired) electrons. The van der Waals surface area contributed by atoms with E-state index in [9.17, 15) is 0 Å². The SMILES string of the molecule is CC(C)Cc1cc(-c2cccc3c2OC(C)N3)ncc1[Si](C)(C)C. The molecule has 0 saturated carbocycles. The highest BCUT2D eigenvalue weighted by atomic mass is 28.3. The van der Waals surface area contributed by atoms with Crippen LogP contribution >= 0.6 is 0 Å². The number of rotatable bonds is 4. The summed E-state index contributed by atoms with van der Waals surface area (Å²) in [5.74, 6) is 1.56. The minimum atomic E-state index is -1.41. The van der Waals surface area contributed by atoms with Crippen molar-refractivity contribution < 1.29 is 4.74 Å². The van der Waals surface area contributed by atoms with Crippen molar-refractivity contribution in [1.29, 1.82) is 0 Å². The molecule has 2 aromatic rings. The van der Waals surface area contributed by atoms with Gasteiger partial charge in [-0.1, -0.05) is 39.6 Å². The molecule has 24 heavy (non-hydrogen) atoms. The average Bonchev–Trinajstić information content (AvgIpc) is 2.85. The minimum Gasteiger partial charge on any atom is -0.468 e. The number of nitrogens with zero attached hydrogens (tertiary/aromatic N) is 1. The minimum absolute atomic E-state index is 0.0116. The number of benzene rings is 1. The number of fused-ring (bicyclic) bond motifs is 1. The summed E-state index contributed by atoms with van der Waals surface area (Å²) in [6, 6.07) is 8.52. The van der Waals surface area contributed by atoms with Crippen molar-refractivity contribution in [3.05, 3.63) is 36.0 Å². The van der Waals surface area contributed by atoms with Gasteiger partial charge < -0.3 is 10.1 Å². The molecule has 3 nitrogen and oxygen atoms in total. The van der Waals surface area contributed by atoms with Crippen LogP contribution in [0.1, 0.15) is 26.3 Å². The van der Waals surface area contributed by atoms with Gasteiger partial charge in [-0.25, -0.2) is 0 Å². The summed E-state index contributed by atoms with van der Waals surface area (Å²) in [7, 11) is -1.41. The average molecular weight is 341 g/mol. The van der Waals surface area contributed by atoms with Crippen molar-refractivity contribution in [3.63, 3.8) is 0 Å². The fraction of sp³-hybridized carbons (Fsp3) is 0.450. The summed E-state index contributed by atoms with van der Waals surface area (Å²) in [5, 5.41) is 4.82. The summed E-state index contributed by atoms with van der Waals surface area (Å²) < 4.78 is 5.97. The summed E-state index contributed by atoms with van der Waals surface area (Å²) in [6.07, 6.45) is 3.22. The van der Waals surface area contributed by atoms with Crippen LogP contribution in [0.2, 0.25) is 19.6 Å². The molecule has 3 rings (SSSR count). The molecule has 1 atom stereocenters. The summed E-state index contributed by atoms with van der Waals surface area (Å²) >= 11 is 0. The highest BCUT2D eigenvalue weighted by Gasteiger charge is 2.25. The molecule has 0 aliphatic carbocycles. The Kier molecular flexibility index (Phi) is 4.43. The molecule has 0 amide bonds. The van der Waals surface area contributed by atoms with E-state index in [1.54, 1.807) is 0 Å². The van der Waals surface area contributed by atoms with Crippen molar-refractivity contribution >= 4 is 18.9 Å². The van der Waals surface area contributed by atoms with E-state index in [1.807, 2.05) is 6.92 Å². The zero-order valence-electron chi connectivity index (χ0n) is 15.6. The van der Waals surface area contributed by atoms with Crippen LogP contribution in [0, 0.1) is 5.92 Å². The van der Waals surface area contributed by atoms with Crippen molar-refractivity contribution in [1.82, 2.24) is 4.98 Å². The molecule has 4 heteroatoms. The lowest BCUT2D eigenvalue weighted by Gasteiger charge is -2.22. The second-order valence-corrected chi connectivity index (χ2v) is 13.2. The third-order valence-electron chi connectivity index (χ3n) is 4.37. The number of ether oxygens (including phenoxy) is 1. The van der Waals surface area contributed by atoms with E-state index < -0.39 is 8.07 Å². The van der Waals surface area contributed by atoms with Gasteiger partial charge in [-0.05, 0) is 48.2 Å². The Labute approximate surface area is 146 Å². The van der Waals surface area contributed by atoms with Crippen LogP contribution in [0.4, 0.5) is 5.69 Å². The van der Waals surface area contributed by atoms with Gasteiger partial charge in [-0.2, -0.15) is 0 Å². The molecule has 2 heterocycles. The Morgan fingerprint density at radius 2 is 2.00 bits per heavy atom. The molecule has 0 fully saturated rings. The Morgan fingerprint density at radius 3 is 2.67 bits per heavy atom. The lowest BCUT2D eigenvalue weighted by atomic mass is 10.0. The first-order valence-corrected chi connectivity index (χ1v) is 12.3. The first-order chi connectivity index (χ1) is 11.3. The first-order valence-electron chi connectivity index (χ1n) is 8.81. The van der Waals surface area contributed by atoms with Gasteiger partial charge in [0.1, 0.15) is 0 Å². The maximum Gasteiger partial charge on any atom is 0.167 e. The van der Waals surface area contributed by atoms with Gasteiger partial charge in [0.15, 0.2) is 12.0 Å². The highest BCUT2D eigenvalue weighted by molar-refractivity contribution is 6.89. The lowest BCUT2D eigenvalue weighted by molar-refractivity contribution is 0.276. The van der Waals surface area contributed by atoms with Crippen molar-refractivity contribution in [2.45, 2.75) is 53.1 Å². The Hall–Kier alpha value is -1.81. The molecule has 1 unspecified atom stereocenters. The predicted octanol–water partition coefficient (Wildman–Crippen LogP) is 4.64. The van der Waals surface area contributed by atoms with Gasteiger partial charge in [0.2, 0.25) is 0 Å². The number of para-hydroxylation sites is 1. The van der Waals surface area contributed by atoms with E-state index >= 15 is 0 Å². The number of hydrogen-bond acceptors (Lipinski definition) is 3. The third kappa shape index (κ3) is 3.34. The molecule has 1 aliphatic heterocycles. The molecule has 128 valence electrons. The van der Waals surface area contributed by atoms with Crippen molar-refractivity contribution in [2.75, 3.05) is 5.32 Å². The van der Waals surface area contributed by atoms with Gasteiger partial charge in [-0.15, -0.1) is 0 Å². The number of hydrogen-bond donors (Lipinski definition) is 1. The molecule has 0 saturated heterocycles. The van der Waals surface area contributed by atoms with Crippen LogP contribution in [0.5, 0.6) is 5.75 Å². The first kappa shape index (κ1) is 17.0. The third-order valence-corrected chi connectivity index (χ3v) is 6.44. The van der Waals surface area contributed by atoms with Crippen LogP contribution in [0.25, 0.3) is 11.3 Å². The summed E-state index contributed by atoms with van der Waals surface area (Å²) in [5.41, 5.74) is 4.60. The molecule has 1 aromatic heterocycles. The van der Waals surface area contributed by atoms with Gasteiger partial charge in [0.25, 0.3) is 0 Å². The molecular weight excluding hydrogens is 312 g/mol. The maximum atomic E-state index is 5.97. The highest BCUT2D eigenvalue weighted by Crippen LogP contribution is 2.40. The monoisotopic (exact) mass is 340 g/mol. The molecule has 1 aliphatic rings. The van der Waals surface area contributed by atoms with Gasteiger partial charge in [0.05, 0.1) is 19.5 Å². The second kappa shape index (κ2) is 6.24. The predicted molar refractivity (Wildman–Crippen MR) is 105 cm³/mol. The van der Waals surface area contributed by atoms with Crippen molar-refractivity contribution in [2.24, 2.45) is 5.92 Å². The number of pyridine rings is 1. The Balaban J connectivity index is 2.09. The van der Waals surface area contributed by atoms with E-state index in [0.29, 0.717) is 5.92 Å². The summed E-state index contributed by atoms with van der Waals surface area (Å²) in [4.78, 5) is 4.81. The fourth-order valence-electron chi connectivity index (χ4n) is 3.33. The zero-order chi connectivity index (χ0) is 17.5. The standard InChI is InChI=1S/C20H28N2OSi/c1-13(2)10-15-11-18(21-12-19(15)24(4,5)6)16-8-7-9-17-20(16)23-14(3)22-17/h7-9,11-14,22H,10H2,1-6H3. The molecular formula is C20H28N2OSi. The van der Waals surface area contributed by atoms with Gasteiger partial charge >= 0.3 is 0 Å². The van der Waals surface area contributed by atoms with Crippen LogP contribution < -0.4 is 15.2 Å². The van der Waals surface area contributed by atoms with E-state index in [2.05, 4.69) is 69.3 Å². The topological polar surface area (TPSA) is 34.1 Å². The molecule has 1 N–H and O–H groups in total. The quantitative estimate of drug-likeness (QED) is 0.823. The van der Waals surface area contributed by atoms with Crippen LogP contribution in [0.3, 0.4) is 0 Å². The van der Waals surface area contributed by atoms with E-state index in [-0.39, 0.29) is 6.23 Å². The molecule has 0 bridgehead atoms.